The van der Waals surface area contributed by atoms with E-state index in [1.165, 1.54) is 24.3 Å². The van der Waals surface area contributed by atoms with Gasteiger partial charge < -0.3 is 4.74 Å². The normalized spacial score (nSPS) is 11.2. The van der Waals surface area contributed by atoms with Crippen molar-refractivity contribution in [1.82, 2.24) is 0 Å². The standard InChI is InChI=1S/C17H16ClNO6S/c1-12-2-6-15(7-3-12)26(23,24)9-8-17(20)25-11-13-4-5-14(19(21)22)10-16(13)18/h2-7,10H,8-9,11H2,1H3. The largest absolute Gasteiger partial charge is 0.461 e. The number of ether oxygens (including phenoxy) is 1. The number of carbonyl (C=O) groups excluding carboxylic acids is 1. The Morgan fingerprint density at radius 3 is 2.42 bits per heavy atom. The molecule has 0 aromatic heterocycles. The second kappa shape index (κ2) is 8.29. The highest BCUT2D eigenvalue weighted by Crippen LogP contribution is 2.23. The van der Waals surface area contributed by atoms with Gasteiger partial charge >= 0.3 is 5.97 Å². The lowest BCUT2D eigenvalue weighted by atomic mass is 10.2. The van der Waals surface area contributed by atoms with Crippen LogP contribution in [-0.2, 0) is 26.0 Å². The van der Waals surface area contributed by atoms with Gasteiger partial charge in [0.2, 0.25) is 0 Å². The molecule has 0 bridgehead atoms. The predicted octanol–water partition coefficient (Wildman–Crippen LogP) is 3.46. The average Bonchev–Trinajstić information content (AvgIpc) is 2.59. The zero-order valence-corrected chi connectivity index (χ0v) is 15.4. The number of non-ortho nitro benzene ring substituents is 1. The molecule has 2 aromatic carbocycles. The van der Waals surface area contributed by atoms with Crippen LogP contribution in [0.3, 0.4) is 0 Å². The van der Waals surface area contributed by atoms with Crippen molar-refractivity contribution in [2.75, 3.05) is 5.75 Å². The van der Waals surface area contributed by atoms with Gasteiger partial charge in [0.1, 0.15) is 6.61 Å². The van der Waals surface area contributed by atoms with E-state index >= 15 is 0 Å². The van der Waals surface area contributed by atoms with Crippen LogP contribution in [0.15, 0.2) is 47.4 Å². The second-order valence-electron chi connectivity index (χ2n) is 5.58. The van der Waals surface area contributed by atoms with Crippen LogP contribution in [0.1, 0.15) is 17.5 Å². The fourth-order valence-corrected chi connectivity index (χ4v) is 3.53. The molecule has 0 aliphatic carbocycles. The third kappa shape index (κ3) is 5.27. The molecule has 0 saturated heterocycles. The van der Waals surface area contributed by atoms with Crippen molar-refractivity contribution >= 4 is 33.1 Å². The van der Waals surface area contributed by atoms with E-state index in [4.69, 9.17) is 16.3 Å². The van der Waals surface area contributed by atoms with Gasteiger partial charge in [-0.2, -0.15) is 0 Å². The lowest BCUT2D eigenvalue weighted by Gasteiger charge is -2.07. The number of halogens is 1. The Hall–Kier alpha value is -2.45. The molecule has 2 aromatic rings. The van der Waals surface area contributed by atoms with Gasteiger partial charge in [0.05, 0.1) is 27.0 Å². The summed E-state index contributed by atoms with van der Waals surface area (Å²) >= 11 is 5.91. The van der Waals surface area contributed by atoms with Crippen molar-refractivity contribution in [3.63, 3.8) is 0 Å². The molecule has 0 unspecified atom stereocenters. The zero-order valence-electron chi connectivity index (χ0n) is 13.8. The van der Waals surface area contributed by atoms with Crippen molar-refractivity contribution in [3.8, 4) is 0 Å². The Bertz CT molecular complexity index is 925. The number of hydrogen-bond donors (Lipinski definition) is 0. The number of nitro benzene ring substituents is 1. The number of nitro groups is 1. The van der Waals surface area contributed by atoms with E-state index in [0.717, 1.165) is 11.6 Å². The number of sulfone groups is 1. The van der Waals surface area contributed by atoms with Crippen LogP contribution < -0.4 is 0 Å². The number of aryl methyl sites for hydroxylation is 1. The summed E-state index contributed by atoms with van der Waals surface area (Å²) in [5, 5.41) is 10.7. The van der Waals surface area contributed by atoms with Gasteiger partial charge in [-0.15, -0.1) is 0 Å². The predicted molar refractivity (Wildman–Crippen MR) is 95.8 cm³/mol. The van der Waals surface area contributed by atoms with Gasteiger partial charge in [0.15, 0.2) is 9.84 Å². The van der Waals surface area contributed by atoms with Crippen LogP contribution in [0.5, 0.6) is 0 Å². The highest BCUT2D eigenvalue weighted by atomic mass is 35.5. The van der Waals surface area contributed by atoms with Crippen molar-refractivity contribution in [3.05, 3.63) is 68.7 Å². The summed E-state index contributed by atoms with van der Waals surface area (Å²) in [6.45, 7) is 1.65. The van der Waals surface area contributed by atoms with E-state index < -0.39 is 20.7 Å². The highest BCUT2D eigenvalue weighted by Gasteiger charge is 2.17. The SMILES string of the molecule is Cc1ccc(S(=O)(=O)CCC(=O)OCc2ccc([N+](=O)[O-])cc2Cl)cc1. The van der Waals surface area contributed by atoms with E-state index in [1.807, 2.05) is 6.92 Å². The van der Waals surface area contributed by atoms with Crippen LogP contribution in [0.4, 0.5) is 5.69 Å². The Labute approximate surface area is 155 Å². The van der Waals surface area contributed by atoms with Crippen LogP contribution in [-0.4, -0.2) is 25.1 Å². The van der Waals surface area contributed by atoms with E-state index in [2.05, 4.69) is 0 Å². The van der Waals surface area contributed by atoms with Crippen molar-refractivity contribution in [1.29, 1.82) is 0 Å². The second-order valence-corrected chi connectivity index (χ2v) is 8.09. The number of hydrogen-bond acceptors (Lipinski definition) is 6. The molecule has 2 rings (SSSR count). The first kappa shape index (κ1) is 19.9. The third-order valence-corrected chi connectivity index (χ3v) is 5.67. The minimum Gasteiger partial charge on any atom is -0.461 e. The quantitative estimate of drug-likeness (QED) is 0.402. The van der Waals surface area contributed by atoms with Crippen molar-refractivity contribution in [2.24, 2.45) is 0 Å². The smallest absolute Gasteiger partial charge is 0.307 e. The van der Waals surface area contributed by atoms with Crippen LogP contribution in [0.25, 0.3) is 0 Å². The highest BCUT2D eigenvalue weighted by molar-refractivity contribution is 7.91. The number of rotatable bonds is 7. The first-order valence-electron chi connectivity index (χ1n) is 7.57. The van der Waals surface area contributed by atoms with Gasteiger partial charge in [-0.1, -0.05) is 29.3 Å². The molecular weight excluding hydrogens is 382 g/mol. The molecule has 26 heavy (non-hydrogen) atoms. The fraction of sp³-hybridized carbons (Fsp3) is 0.235. The number of carbonyl (C=O) groups is 1. The molecule has 0 aliphatic rings. The summed E-state index contributed by atoms with van der Waals surface area (Å²) in [5.74, 6) is -1.07. The number of benzene rings is 2. The molecule has 0 N–H and O–H groups in total. The fourth-order valence-electron chi connectivity index (χ4n) is 2.08. The monoisotopic (exact) mass is 397 g/mol. The molecule has 0 saturated carbocycles. The third-order valence-electron chi connectivity index (χ3n) is 3.59. The average molecular weight is 398 g/mol. The van der Waals surface area contributed by atoms with Crippen LogP contribution >= 0.6 is 11.6 Å². The van der Waals surface area contributed by atoms with E-state index in [1.54, 1.807) is 12.1 Å². The van der Waals surface area contributed by atoms with E-state index in [-0.39, 0.29) is 34.4 Å². The first-order valence-corrected chi connectivity index (χ1v) is 9.60. The van der Waals surface area contributed by atoms with Crippen molar-refractivity contribution in [2.45, 2.75) is 24.8 Å². The minimum atomic E-state index is -3.58. The molecule has 7 nitrogen and oxygen atoms in total. The van der Waals surface area contributed by atoms with Gasteiger partial charge in [-0.05, 0) is 25.1 Å². The number of esters is 1. The molecule has 0 atom stereocenters. The van der Waals surface area contributed by atoms with Gasteiger partial charge in [-0.3, -0.25) is 14.9 Å². The Balaban J connectivity index is 1.91. The van der Waals surface area contributed by atoms with Gasteiger partial charge in [0.25, 0.3) is 5.69 Å². The molecule has 0 spiro atoms. The molecule has 0 fully saturated rings. The van der Waals surface area contributed by atoms with Crippen LogP contribution in [0.2, 0.25) is 5.02 Å². The first-order chi connectivity index (χ1) is 12.2. The summed E-state index contributed by atoms with van der Waals surface area (Å²) < 4.78 is 29.4. The lowest BCUT2D eigenvalue weighted by molar-refractivity contribution is -0.384. The molecule has 0 heterocycles. The van der Waals surface area contributed by atoms with Gasteiger partial charge in [-0.25, -0.2) is 8.42 Å². The molecule has 138 valence electrons. The molecule has 9 heteroatoms. The molecule has 0 radical (unpaired) electrons. The Kier molecular flexibility index (Phi) is 6.33. The number of nitrogens with zero attached hydrogens (tertiary/aromatic N) is 1. The molecular formula is C17H16ClNO6S. The summed E-state index contributed by atoms with van der Waals surface area (Å²) in [6, 6.07) is 10.1. The summed E-state index contributed by atoms with van der Waals surface area (Å²) in [7, 11) is -3.58. The van der Waals surface area contributed by atoms with Gasteiger partial charge in [0, 0.05) is 17.7 Å². The van der Waals surface area contributed by atoms with E-state index in [0.29, 0.717) is 5.56 Å². The molecule has 0 aliphatic heterocycles. The maximum atomic E-state index is 12.2. The Morgan fingerprint density at radius 2 is 1.85 bits per heavy atom. The summed E-state index contributed by atoms with van der Waals surface area (Å²) in [4.78, 5) is 22.0. The lowest BCUT2D eigenvalue weighted by Crippen LogP contribution is -2.13. The summed E-state index contributed by atoms with van der Waals surface area (Å²) in [6.07, 6.45) is -0.305. The minimum absolute atomic E-state index is 0.0966. The zero-order chi connectivity index (χ0) is 19.3. The topological polar surface area (TPSA) is 104 Å². The summed E-state index contributed by atoms with van der Waals surface area (Å²) in [5.41, 5.74) is 1.16. The van der Waals surface area contributed by atoms with E-state index in [9.17, 15) is 23.3 Å². The maximum Gasteiger partial charge on any atom is 0.307 e. The Morgan fingerprint density at radius 1 is 1.19 bits per heavy atom. The maximum absolute atomic E-state index is 12.2. The molecule has 0 amide bonds. The van der Waals surface area contributed by atoms with Crippen molar-refractivity contribution < 1.29 is 22.9 Å². The van der Waals surface area contributed by atoms with Crippen LogP contribution in [0, 0.1) is 17.0 Å².